The molecule has 0 heterocycles. The Hall–Kier alpha value is -1.56. The van der Waals surface area contributed by atoms with E-state index in [9.17, 15) is 19.5 Å². The minimum Gasteiger partial charge on any atom is -0.481 e. The van der Waals surface area contributed by atoms with E-state index in [0.717, 1.165) is 42.9 Å². The van der Waals surface area contributed by atoms with Crippen molar-refractivity contribution in [2.24, 2.45) is 0 Å². The van der Waals surface area contributed by atoms with Gasteiger partial charge in [0.25, 0.3) is 0 Å². The van der Waals surface area contributed by atoms with Gasteiger partial charge in [0.1, 0.15) is 0 Å². The van der Waals surface area contributed by atoms with Crippen LogP contribution in [0.3, 0.4) is 0 Å². The van der Waals surface area contributed by atoms with E-state index in [-0.39, 0.29) is 11.5 Å². The van der Waals surface area contributed by atoms with Crippen LogP contribution in [0.15, 0.2) is 18.2 Å². The van der Waals surface area contributed by atoms with Crippen molar-refractivity contribution in [2.75, 3.05) is 32.1 Å². The average molecular weight is 554 g/mol. The van der Waals surface area contributed by atoms with Crippen molar-refractivity contribution in [3.63, 3.8) is 0 Å². The third kappa shape index (κ3) is 9.78. The number of hydrogen-bond donors (Lipinski definition) is 5. The first-order chi connectivity index (χ1) is 16.2. The molecular weight excluding hydrogens is 521 g/mol. The minimum atomic E-state index is -2.74. The lowest BCUT2D eigenvalue weighted by Gasteiger charge is -2.46. The van der Waals surface area contributed by atoms with Gasteiger partial charge in [-0.05, 0) is 63.4 Å². The number of benzene rings is 1. The molecule has 0 spiro atoms. The van der Waals surface area contributed by atoms with E-state index in [0.29, 0.717) is 10.0 Å². The van der Waals surface area contributed by atoms with Crippen LogP contribution in [0.25, 0.3) is 0 Å². The number of rotatable bonds is 13. The van der Waals surface area contributed by atoms with Crippen molar-refractivity contribution in [1.29, 1.82) is 0 Å². The molecule has 0 aromatic heterocycles. The normalized spacial score (nSPS) is 15.5. The maximum atomic E-state index is 10.7. The fraction of sp³-hybridized carbons (Fsp3) is 0.609. The molecule has 1 aliphatic rings. The first-order valence-corrected chi connectivity index (χ1v) is 12.9. The van der Waals surface area contributed by atoms with Gasteiger partial charge in [-0.3, -0.25) is 9.59 Å². The molecule has 0 saturated heterocycles. The Bertz CT molecular complexity index is 863. The van der Waals surface area contributed by atoms with Crippen LogP contribution in [-0.2, 0) is 19.8 Å². The Labute approximate surface area is 219 Å². The molecule has 1 aliphatic carbocycles. The lowest BCUT2D eigenvalue weighted by Crippen LogP contribution is -2.46. The van der Waals surface area contributed by atoms with Crippen molar-refractivity contribution in [3.05, 3.63) is 33.8 Å². The van der Waals surface area contributed by atoms with Gasteiger partial charge < -0.3 is 30.4 Å². The van der Waals surface area contributed by atoms with Crippen LogP contribution >= 0.6 is 35.0 Å². The Morgan fingerprint density at radius 1 is 1.09 bits per heavy atom. The monoisotopic (exact) mass is 553 g/mol. The van der Waals surface area contributed by atoms with Crippen molar-refractivity contribution >= 4 is 52.9 Å². The van der Waals surface area contributed by atoms with Crippen molar-refractivity contribution in [1.82, 2.24) is 4.90 Å². The van der Waals surface area contributed by atoms with Crippen LogP contribution in [0.5, 0.6) is 0 Å². The maximum absolute atomic E-state index is 10.7. The van der Waals surface area contributed by atoms with Gasteiger partial charge in [0.2, 0.25) is 0 Å². The van der Waals surface area contributed by atoms with E-state index < -0.39 is 36.4 Å². The van der Waals surface area contributed by atoms with Crippen molar-refractivity contribution < 1.29 is 39.9 Å². The molecule has 35 heavy (non-hydrogen) atoms. The van der Waals surface area contributed by atoms with E-state index in [1.54, 1.807) is 0 Å². The van der Waals surface area contributed by atoms with Gasteiger partial charge in [0.15, 0.2) is 5.60 Å². The average Bonchev–Trinajstić information content (AvgIpc) is 2.68. The van der Waals surface area contributed by atoms with Gasteiger partial charge >= 0.3 is 17.9 Å². The second kappa shape index (κ2) is 14.2. The number of aliphatic carboxylic acids is 3. The highest BCUT2D eigenvalue weighted by molar-refractivity contribution is 7.99. The predicted molar refractivity (Wildman–Crippen MR) is 136 cm³/mol. The molecule has 1 unspecified atom stereocenters. The molecule has 0 aliphatic heterocycles. The minimum absolute atomic E-state index is 0.122. The van der Waals surface area contributed by atoms with Crippen LogP contribution in [0, 0.1) is 0 Å². The molecule has 1 aromatic carbocycles. The number of carboxylic acid groups (broad SMARTS) is 3. The number of thioether (sulfide) groups is 1. The summed E-state index contributed by atoms with van der Waals surface area (Å²) in [6.07, 6.45) is 1.79. The number of aliphatic hydroxyl groups excluding tert-OH is 1. The first-order valence-electron chi connectivity index (χ1n) is 11.0. The third-order valence-electron chi connectivity index (χ3n) is 5.83. The largest absolute Gasteiger partial charge is 0.481 e. The van der Waals surface area contributed by atoms with Crippen LogP contribution < -0.4 is 0 Å². The molecule has 5 N–H and O–H groups in total. The Morgan fingerprint density at radius 3 is 2.06 bits per heavy atom. The molecule has 0 amide bonds. The second-order valence-corrected chi connectivity index (χ2v) is 10.8. The fourth-order valence-corrected chi connectivity index (χ4v) is 5.07. The first kappa shape index (κ1) is 31.5. The molecule has 12 heteroatoms. The zero-order valence-corrected chi connectivity index (χ0v) is 22.1. The van der Waals surface area contributed by atoms with E-state index in [4.69, 9.17) is 43.6 Å². The molecule has 198 valence electrons. The smallest absolute Gasteiger partial charge is 0.336 e. The van der Waals surface area contributed by atoms with Crippen LogP contribution in [-0.4, -0.2) is 92.2 Å². The molecule has 0 radical (unpaired) electrons. The number of carboxylic acids is 3. The van der Waals surface area contributed by atoms with Crippen LogP contribution in [0.4, 0.5) is 0 Å². The number of nitrogens with zero attached hydrogens (tertiary/aromatic N) is 1. The fourth-order valence-electron chi connectivity index (χ4n) is 3.73. The highest BCUT2D eigenvalue weighted by Crippen LogP contribution is 2.48. The zero-order chi connectivity index (χ0) is 26.8. The summed E-state index contributed by atoms with van der Waals surface area (Å²) in [6.45, 7) is 1.10. The summed E-state index contributed by atoms with van der Waals surface area (Å²) in [6, 6.07) is 5.80. The van der Waals surface area contributed by atoms with Gasteiger partial charge in [-0.15, -0.1) is 0 Å². The van der Waals surface area contributed by atoms with Gasteiger partial charge in [-0.2, -0.15) is 11.8 Å². The Morgan fingerprint density at radius 2 is 1.66 bits per heavy atom. The SMILES string of the molecule is CN(C)CCCSCC(O)C1(c2ccc(Cl)c(Cl)c2)CCC1.O=C(O)CC(O)(CC(=O)O)C(=O)O. The Kier molecular flexibility index (Phi) is 12.8. The second-order valence-electron chi connectivity index (χ2n) is 8.86. The molecular formula is C23H33Cl2NO8S. The van der Waals surface area contributed by atoms with Gasteiger partial charge in [0.05, 0.1) is 29.0 Å². The van der Waals surface area contributed by atoms with E-state index in [1.807, 2.05) is 30.0 Å². The van der Waals surface area contributed by atoms with Crippen molar-refractivity contribution in [3.8, 4) is 0 Å². The molecule has 9 nitrogen and oxygen atoms in total. The molecule has 0 bridgehead atoms. The van der Waals surface area contributed by atoms with E-state index >= 15 is 0 Å². The zero-order valence-electron chi connectivity index (χ0n) is 19.7. The van der Waals surface area contributed by atoms with Gasteiger partial charge in [-0.1, -0.05) is 35.7 Å². The Balaban J connectivity index is 0.000000405. The molecule has 1 fully saturated rings. The predicted octanol–water partition coefficient (Wildman–Crippen LogP) is 3.21. The lowest BCUT2D eigenvalue weighted by atomic mass is 9.61. The summed E-state index contributed by atoms with van der Waals surface area (Å²) in [7, 11) is 4.18. The quantitative estimate of drug-likeness (QED) is 0.230. The molecule has 1 saturated carbocycles. The summed E-state index contributed by atoms with van der Waals surface area (Å²) in [5, 5.41) is 45.7. The lowest BCUT2D eigenvalue weighted by molar-refractivity contribution is -0.170. The summed E-state index contributed by atoms with van der Waals surface area (Å²) in [4.78, 5) is 32.7. The summed E-state index contributed by atoms with van der Waals surface area (Å²) >= 11 is 14.0. The van der Waals surface area contributed by atoms with Crippen molar-refractivity contribution in [2.45, 2.75) is 55.6 Å². The highest BCUT2D eigenvalue weighted by Gasteiger charge is 2.45. The number of aliphatic hydroxyl groups is 2. The summed E-state index contributed by atoms with van der Waals surface area (Å²) < 4.78 is 0. The highest BCUT2D eigenvalue weighted by atomic mass is 35.5. The molecule has 1 aromatic rings. The van der Waals surface area contributed by atoms with E-state index in [2.05, 4.69) is 19.0 Å². The van der Waals surface area contributed by atoms with E-state index in [1.165, 1.54) is 6.42 Å². The summed E-state index contributed by atoms with van der Waals surface area (Å²) in [5.41, 5.74) is -1.73. The standard InChI is InChI=1S/C17H25Cl2NOS.C6H8O7/c1-20(2)9-4-10-22-12-16(21)17(7-3-8-17)13-5-6-14(18)15(19)11-13;7-3(8)1-6(13,5(11)12)2-4(9)10/h5-6,11,16,21H,3-4,7-10,12H2,1-2H3;13H,1-2H2,(H,7,8)(H,9,10)(H,11,12). The van der Waals surface area contributed by atoms with Gasteiger partial charge in [0, 0.05) is 11.2 Å². The van der Waals surface area contributed by atoms with Gasteiger partial charge in [-0.25, -0.2) is 4.79 Å². The number of halogens is 2. The number of hydrogen-bond acceptors (Lipinski definition) is 7. The molecule has 2 rings (SSSR count). The maximum Gasteiger partial charge on any atom is 0.336 e. The summed E-state index contributed by atoms with van der Waals surface area (Å²) in [5.74, 6) is -3.14. The third-order valence-corrected chi connectivity index (χ3v) is 7.70. The molecule has 1 atom stereocenters. The number of carbonyl (C=O) groups is 3. The van der Waals surface area contributed by atoms with Crippen LogP contribution in [0.2, 0.25) is 10.0 Å². The van der Waals surface area contributed by atoms with Crippen LogP contribution in [0.1, 0.15) is 44.1 Å². The topological polar surface area (TPSA) is 156 Å².